The van der Waals surface area contributed by atoms with Crippen LogP contribution >= 0.6 is 0 Å². The van der Waals surface area contributed by atoms with Gasteiger partial charge in [-0.25, -0.2) is 0 Å². The molecule has 0 aromatic heterocycles. The molecule has 7 nitrogen and oxygen atoms in total. The summed E-state index contributed by atoms with van der Waals surface area (Å²) in [4.78, 5) is 39.7. The first kappa shape index (κ1) is 18.2. The normalized spacial score (nSPS) is 20.0. The molecule has 3 rings (SSSR count). The minimum Gasteiger partial charge on any atom is -0.496 e. The Bertz CT molecular complexity index is 683. The standard InChI is InChI=1S/C19H25N3O4/c1-26-16-5-3-2-4-14(16)6-9-18(24)21-10-12-22(13-11-21)19(25)15-7-8-17(23)20-15/h2-5,15H,6-13H2,1H3,(H,20,23). The van der Waals surface area contributed by atoms with Crippen LogP contribution in [0, 0.1) is 0 Å². The summed E-state index contributed by atoms with van der Waals surface area (Å²) in [5.74, 6) is 0.803. The fourth-order valence-corrected chi connectivity index (χ4v) is 3.51. The molecule has 1 N–H and O–H groups in total. The lowest BCUT2D eigenvalue weighted by atomic mass is 10.1. The molecule has 0 saturated carbocycles. The van der Waals surface area contributed by atoms with E-state index >= 15 is 0 Å². The maximum Gasteiger partial charge on any atom is 0.245 e. The van der Waals surface area contributed by atoms with Gasteiger partial charge in [0.2, 0.25) is 17.7 Å². The summed E-state index contributed by atoms with van der Waals surface area (Å²) in [5, 5.41) is 2.71. The molecule has 1 unspecified atom stereocenters. The Balaban J connectivity index is 1.46. The van der Waals surface area contributed by atoms with Crippen molar-refractivity contribution in [1.29, 1.82) is 0 Å². The number of amides is 3. The van der Waals surface area contributed by atoms with Gasteiger partial charge in [-0.3, -0.25) is 14.4 Å². The number of para-hydroxylation sites is 1. The highest BCUT2D eigenvalue weighted by molar-refractivity contribution is 5.91. The summed E-state index contributed by atoms with van der Waals surface area (Å²) in [6.45, 7) is 2.12. The molecule has 2 saturated heterocycles. The molecular formula is C19H25N3O4. The van der Waals surface area contributed by atoms with Gasteiger partial charge in [-0.1, -0.05) is 18.2 Å². The Morgan fingerprint density at radius 1 is 1.15 bits per heavy atom. The van der Waals surface area contributed by atoms with Gasteiger partial charge in [-0.15, -0.1) is 0 Å². The number of hydrogen-bond donors (Lipinski definition) is 1. The summed E-state index contributed by atoms with van der Waals surface area (Å²) in [7, 11) is 1.63. The van der Waals surface area contributed by atoms with Crippen molar-refractivity contribution in [3.8, 4) is 5.75 Å². The van der Waals surface area contributed by atoms with E-state index in [2.05, 4.69) is 5.32 Å². The van der Waals surface area contributed by atoms with Gasteiger partial charge >= 0.3 is 0 Å². The van der Waals surface area contributed by atoms with Crippen LogP contribution in [0.25, 0.3) is 0 Å². The van der Waals surface area contributed by atoms with Crippen molar-refractivity contribution in [3.05, 3.63) is 29.8 Å². The predicted molar refractivity (Wildman–Crippen MR) is 95.6 cm³/mol. The van der Waals surface area contributed by atoms with Crippen molar-refractivity contribution >= 4 is 17.7 Å². The van der Waals surface area contributed by atoms with Crippen LogP contribution in [-0.4, -0.2) is 66.9 Å². The highest BCUT2D eigenvalue weighted by Gasteiger charge is 2.32. The second-order valence-corrected chi connectivity index (χ2v) is 6.68. The van der Waals surface area contributed by atoms with Crippen LogP contribution in [0.4, 0.5) is 0 Å². The van der Waals surface area contributed by atoms with E-state index in [4.69, 9.17) is 4.74 Å². The van der Waals surface area contributed by atoms with Crippen LogP contribution in [0.2, 0.25) is 0 Å². The van der Waals surface area contributed by atoms with E-state index in [0.717, 1.165) is 11.3 Å². The minimum atomic E-state index is -0.393. The van der Waals surface area contributed by atoms with E-state index < -0.39 is 6.04 Å². The van der Waals surface area contributed by atoms with Gasteiger partial charge in [-0.2, -0.15) is 0 Å². The zero-order chi connectivity index (χ0) is 18.5. The molecule has 2 aliphatic heterocycles. The number of aryl methyl sites for hydroxylation is 1. The maximum absolute atomic E-state index is 12.5. The molecule has 0 radical (unpaired) electrons. The van der Waals surface area contributed by atoms with E-state index in [1.807, 2.05) is 29.2 Å². The molecule has 1 aromatic carbocycles. The average Bonchev–Trinajstić information content (AvgIpc) is 3.12. The largest absolute Gasteiger partial charge is 0.496 e. The smallest absolute Gasteiger partial charge is 0.245 e. The van der Waals surface area contributed by atoms with Crippen LogP contribution in [0.1, 0.15) is 24.8 Å². The first-order valence-corrected chi connectivity index (χ1v) is 9.06. The third kappa shape index (κ3) is 4.15. The van der Waals surface area contributed by atoms with Gasteiger partial charge in [0.05, 0.1) is 7.11 Å². The first-order valence-electron chi connectivity index (χ1n) is 9.06. The number of nitrogens with one attached hydrogen (secondary N) is 1. The van der Waals surface area contributed by atoms with Crippen molar-refractivity contribution in [3.63, 3.8) is 0 Å². The molecule has 7 heteroatoms. The molecule has 3 amide bonds. The summed E-state index contributed by atoms with van der Waals surface area (Å²) in [5.41, 5.74) is 1.02. The van der Waals surface area contributed by atoms with E-state index in [9.17, 15) is 14.4 Å². The zero-order valence-electron chi connectivity index (χ0n) is 15.1. The maximum atomic E-state index is 12.5. The average molecular weight is 359 g/mol. The highest BCUT2D eigenvalue weighted by Crippen LogP contribution is 2.19. The second kappa shape index (κ2) is 8.21. The van der Waals surface area contributed by atoms with Crippen LogP contribution in [0.15, 0.2) is 24.3 Å². The summed E-state index contributed by atoms with van der Waals surface area (Å²) < 4.78 is 5.32. The lowest BCUT2D eigenvalue weighted by molar-refractivity contribution is -0.140. The summed E-state index contributed by atoms with van der Waals surface area (Å²) in [6.07, 6.45) is 2.04. The molecule has 0 bridgehead atoms. The second-order valence-electron chi connectivity index (χ2n) is 6.68. The van der Waals surface area contributed by atoms with Crippen molar-refractivity contribution in [2.75, 3.05) is 33.3 Å². The highest BCUT2D eigenvalue weighted by atomic mass is 16.5. The van der Waals surface area contributed by atoms with Crippen LogP contribution in [-0.2, 0) is 20.8 Å². The third-order valence-electron chi connectivity index (χ3n) is 5.04. The van der Waals surface area contributed by atoms with E-state index in [1.54, 1.807) is 12.0 Å². The number of hydrogen-bond acceptors (Lipinski definition) is 4. The van der Waals surface area contributed by atoms with Gasteiger partial charge in [0.1, 0.15) is 11.8 Å². The van der Waals surface area contributed by atoms with Gasteiger partial charge in [0.15, 0.2) is 0 Å². The van der Waals surface area contributed by atoms with Gasteiger partial charge in [0, 0.05) is 39.0 Å². The van der Waals surface area contributed by atoms with E-state index in [0.29, 0.717) is 51.9 Å². The SMILES string of the molecule is COc1ccccc1CCC(=O)N1CCN(C(=O)C2CCC(=O)N2)CC1. The van der Waals surface area contributed by atoms with Crippen molar-refractivity contribution in [1.82, 2.24) is 15.1 Å². The Morgan fingerprint density at radius 2 is 1.85 bits per heavy atom. The Labute approximate surface area is 153 Å². The first-order chi connectivity index (χ1) is 12.6. The zero-order valence-corrected chi connectivity index (χ0v) is 15.1. The molecular weight excluding hydrogens is 334 g/mol. The van der Waals surface area contributed by atoms with Crippen LogP contribution < -0.4 is 10.1 Å². The Kier molecular flexibility index (Phi) is 5.75. The molecule has 1 aromatic rings. The van der Waals surface area contributed by atoms with E-state index in [1.165, 1.54) is 0 Å². The molecule has 140 valence electrons. The number of ether oxygens (including phenoxy) is 1. The van der Waals surface area contributed by atoms with Crippen molar-refractivity contribution < 1.29 is 19.1 Å². The van der Waals surface area contributed by atoms with Crippen molar-refractivity contribution in [2.45, 2.75) is 31.7 Å². The molecule has 0 spiro atoms. The summed E-state index contributed by atoms with van der Waals surface area (Å²) in [6, 6.07) is 7.32. The lowest BCUT2D eigenvalue weighted by Gasteiger charge is -2.36. The topological polar surface area (TPSA) is 79.0 Å². The number of nitrogens with zero attached hydrogens (tertiary/aromatic N) is 2. The molecule has 26 heavy (non-hydrogen) atoms. The molecule has 1 atom stereocenters. The van der Waals surface area contributed by atoms with Crippen molar-refractivity contribution in [2.24, 2.45) is 0 Å². The molecule has 2 heterocycles. The Hall–Kier alpha value is -2.57. The van der Waals surface area contributed by atoms with Gasteiger partial charge in [-0.05, 0) is 24.5 Å². The number of benzene rings is 1. The third-order valence-corrected chi connectivity index (χ3v) is 5.04. The quantitative estimate of drug-likeness (QED) is 0.834. The fraction of sp³-hybridized carbons (Fsp3) is 0.526. The van der Waals surface area contributed by atoms with Gasteiger partial charge < -0.3 is 19.9 Å². The summed E-state index contributed by atoms with van der Waals surface area (Å²) >= 11 is 0. The lowest BCUT2D eigenvalue weighted by Crippen LogP contribution is -2.54. The Morgan fingerprint density at radius 3 is 2.50 bits per heavy atom. The monoisotopic (exact) mass is 359 g/mol. The van der Waals surface area contributed by atoms with E-state index in [-0.39, 0.29) is 17.7 Å². The van der Waals surface area contributed by atoms with Crippen LogP contribution in [0.3, 0.4) is 0 Å². The molecule has 2 fully saturated rings. The molecule has 2 aliphatic rings. The number of rotatable bonds is 5. The minimum absolute atomic E-state index is 0.0306. The molecule has 0 aliphatic carbocycles. The van der Waals surface area contributed by atoms with Crippen LogP contribution in [0.5, 0.6) is 5.75 Å². The number of methoxy groups -OCH3 is 1. The number of carbonyl (C=O) groups is 3. The number of piperazine rings is 1. The fourth-order valence-electron chi connectivity index (χ4n) is 3.51. The predicted octanol–water partition coefficient (Wildman–Crippen LogP) is 0.577. The number of carbonyl (C=O) groups excluding carboxylic acids is 3. The van der Waals surface area contributed by atoms with Gasteiger partial charge in [0.25, 0.3) is 0 Å².